The summed E-state index contributed by atoms with van der Waals surface area (Å²) in [5, 5.41) is 3.83. The van der Waals surface area contributed by atoms with Gasteiger partial charge in [0.25, 0.3) is 0 Å². The van der Waals surface area contributed by atoms with E-state index in [4.69, 9.17) is 4.74 Å². The average Bonchev–Trinajstić information content (AvgIpc) is 3.42. The first-order chi connectivity index (χ1) is 14.7. The maximum atomic E-state index is 13.1. The zero-order valence-corrected chi connectivity index (χ0v) is 17.6. The van der Waals surface area contributed by atoms with Crippen molar-refractivity contribution in [3.63, 3.8) is 0 Å². The smallest absolute Gasteiger partial charge is 0.378 e. The van der Waals surface area contributed by atoms with Gasteiger partial charge in [0.1, 0.15) is 5.52 Å². The maximum Gasteiger partial charge on any atom is 0.392 e. The van der Waals surface area contributed by atoms with Crippen LogP contribution in [0.3, 0.4) is 0 Å². The van der Waals surface area contributed by atoms with Crippen molar-refractivity contribution in [2.24, 2.45) is 13.0 Å². The van der Waals surface area contributed by atoms with Crippen LogP contribution in [0.5, 0.6) is 0 Å². The van der Waals surface area contributed by atoms with Crippen molar-refractivity contribution < 1.29 is 17.9 Å². The average molecular weight is 435 g/mol. The Hall–Kier alpha value is -2.82. The van der Waals surface area contributed by atoms with Gasteiger partial charge >= 0.3 is 6.18 Å². The number of aromatic nitrogens is 6. The molecular weight excluding hydrogens is 411 g/mol. The van der Waals surface area contributed by atoms with E-state index in [1.165, 1.54) is 0 Å². The second-order valence-corrected chi connectivity index (χ2v) is 7.74. The first-order valence-corrected chi connectivity index (χ1v) is 10.1. The number of nitrogens with zero attached hydrogens (tertiary/aromatic N) is 7. The Labute approximate surface area is 177 Å². The number of rotatable bonds is 2. The van der Waals surface area contributed by atoms with Gasteiger partial charge in [0.05, 0.1) is 36.2 Å². The second-order valence-electron chi connectivity index (χ2n) is 7.74. The number of alkyl halides is 3. The van der Waals surface area contributed by atoms with Crippen LogP contribution in [0, 0.1) is 19.8 Å². The molecule has 8 nitrogen and oxygen atoms in total. The van der Waals surface area contributed by atoms with Crippen LogP contribution >= 0.6 is 0 Å². The molecule has 31 heavy (non-hydrogen) atoms. The largest absolute Gasteiger partial charge is 0.392 e. The predicted octanol–water partition coefficient (Wildman–Crippen LogP) is 2.96. The molecule has 2 fully saturated rings. The Morgan fingerprint density at radius 3 is 2.29 bits per heavy atom. The van der Waals surface area contributed by atoms with Gasteiger partial charge in [0, 0.05) is 38.4 Å². The lowest BCUT2D eigenvalue weighted by Crippen LogP contribution is -2.37. The van der Waals surface area contributed by atoms with Crippen LogP contribution in [0.15, 0.2) is 18.5 Å². The van der Waals surface area contributed by atoms with Crippen molar-refractivity contribution >= 4 is 17.1 Å². The van der Waals surface area contributed by atoms with Crippen LogP contribution in [0.2, 0.25) is 0 Å². The van der Waals surface area contributed by atoms with E-state index in [-0.39, 0.29) is 6.42 Å². The summed E-state index contributed by atoms with van der Waals surface area (Å²) in [5.74, 6) is -1.61. The van der Waals surface area contributed by atoms with Gasteiger partial charge in [-0.1, -0.05) is 0 Å². The van der Waals surface area contributed by atoms with Crippen LogP contribution in [0.4, 0.5) is 19.1 Å². The SMILES string of the molecule is Cc1nc2nc(N3CCOCC3)nc([C@@H]3C[C@@H]3C(F)(F)F)c2nc1C.Cn1cccn1. The molecule has 1 saturated heterocycles. The molecule has 2 atom stereocenters. The van der Waals surface area contributed by atoms with Gasteiger partial charge in [0.2, 0.25) is 5.95 Å². The Bertz CT molecular complexity index is 1050. The zero-order chi connectivity index (χ0) is 22.2. The molecular formula is C20H24F3N7O. The second kappa shape index (κ2) is 8.37. The van der Waals surface area contributed by atoms with E-state index < -0.39 is 18.0 Å². The minimum Gasteiger partial charge on any atom is -0.378 e. The number of halogens is 3. The van der Waals surface area contributed by atoms with Gasteiger partial charge in [-0.3, -0.25) is 4.68 Å². The molecule has 0 unspecified atom stereocenters. The highest BCUT2D eigenvalue weighted by Gasteiger charge is 2.57. The van der Waals surface area contributed by atoms with Crippen LogP contribution in [0.25, 0.3) is 11.2 Å². The highest BCUT2D eigenvalue weighted by Crippen LogP contribution is 2.56. The maximum absolute atomic E-state index is 13.1. The molecule has 0 aromatic carbocycles. The summed E-state index contributed by atoms with van der Waals surface area (Å²) in [6, 6.07) is 1.89. The van der Waals surface area contributed by atoms with Crippen molar-refractivity contribution in [2.75, 3.05) is 31.2 Å². The predicted molar refractivity (Wildman–Crippen MR) is 108 cm³/mol. The van der Waals surface area contributed by atoms with E-state index >= 15 is 0 Å². The van der Waals surface area contributed by atoms with Crippen molar-refractivity contribution in [2.45, 2.75) is 32.4 Å². The minimum absolute atomic E-state index is 0.0484. The molecule has 0 N–H and O–H groups in total. The molecule has 2 aliphatic rings. The van der Waals surface area contributed by atoms with Crippen LogP contribution in [-0.2, 0) is 11.8 Å². The number of hydrogen-bond acceptors (Lipinski definition) is 7. The van der Waals surface area contributed by atoms with E-state index in [9.17, 15) is 13.2 Å². The van der Waals surface area contributed by atoms with Crippen LogP contribution < -0.4 is 4.90 Å². The number of ether oxygens (including phenoxy) is 1. The fourth-order valence-electron chi connectivity index (χ4n) is 3.49. The Kier molecular flexibility index (Phi) is 5.78. The first-order valence-electron chi connectivity index (χ1n) is 10.1. The van der Waals surface area contributed by atoms with Crippen LogP contribution in [-0.4, -0.2) is 62.2 Å². The van der Waals surface area contributed by atoms with E-state index in [1.54, 1.807) is 17.8 Å². The zero-order valence-electron chi connectivity index (χ0n) is 17.6. The Morgan fingerprint density at radius 2 is 1.74 bits per heavy atom. The topological polar surface area (TPSA) is 81.9 Å². The number of hydrogen-bond donors (Lipinski definition) is 0. The van der Waals surface area contributed by atoms with E-state index in [2.05, 4.69) is 25.0 Å². The Morgan fingerprint density at radius 1 is 1.03 bits per heavy atom. The minimum atomic E-state index is -4.21. The molecule has 1 saturated carbocycles. The molecule has 4 heterocycles. The number of aryl methyl sites for hydroxylation is 3. The molecule has 0 spiro atoms. The molecule has 3 aromatic heterocycles. The van der Waals surface area contributed by atoms with Gasteiger partial charge < -0.3 is 9.64 Å². The summed E-state index contributed by atoms with van der Waals surface area (Å²) in [6.07, 6.45) is -0.527. The first kappa shape index (κ1) is 21.4. The summed E-state index contributed by atoms with van der Waals surface area (Å²) in [4.78, 5) is 19.7. The molecule has 0 amide bonds. The summed E-state index contributed by atoms with van der Waals surface area (Å²) < 4.78 is 46.3. The fraction of sp³-hybridized carbons (Fsp3) is 0.550. The highest BCUT2D eigenvalue weighted by atomic mass is 19.4. The van der Waals surface area contributed by atoms with Gasteiger partial charge in [-0.05, 0) is 26.3 Å². The highest BCUT2D eigenvalue weighted by molar-refractivity contribution is 5.75. The van der Waals surface area contributed by atoms with Crippen molar-refractivity contribution in [3.8, 4) is 0 Å². The van der Waals surface area contributed by atoms with Gasteiger partial charge in [0.15, 0.2) is 5.65 Å². The summed E-state index contributed by atoms with van der Waals surface area (Å²) in [7, 11) is 1.89. The third-order valence-corrected chi connectivity index (χ3v) is 5.45. The summed E-state index contributed by atoms with van der Waals surface area (Å²) in [5.41, 5.74) is 2.51. The van der Waals surface area contributed by atoms with Crippen molar-refractivity contribution in [1.29, 1.82) is 0 Å². The molecule has 1 aliphatic carbocycles. The van der Waals surface area contributed by atoms with Crippen LogP contribution in [0.1, 0.15) is 29.4 Å². The van der Waals surface area contributed by atoms with E-state index in [1.807, 2.05) is 31.1 Å². The van der Waals surface area contributed by atoms with Crippen molar-refractivity contribution in [1.82, 2.24) is 29.7 Å². The Balaban J connectivity index is 0.000000334. The quantitative estimate of drug-likeness (QED) is 0.612. The molecule has 166 valence electrons. The number of fused-ring (bicyclic) bond motifs is 1. The van der Waals surface area contributed by atoms with E-state index in [0.29, 0.717) is 60.5 Å². The summed E-state index contributed by atoms with van der Waals surface area (Å²) in [6.45, 7) is 5.91. The molecule has 0 bridgehead atoms. The number of anilines is 1. The molecule has 3 aromatic rings. The third kappa shape index (κ3) is 4.76. The van der Waals surface area contributed by atoms with Crippen molar-refractivity contribution in [3.05, 3.63) is 35.5 Å². The lowest BCUT2D eigenvalue weighted by Gasteiger charge is -2.27. The van der Waals surface area contributed by atoms with Gasteiger partial charge in [-0.25, -0.2) is 15.0 Å². The van der Waals surface area contributed by atoms with E-state index in [0.717, 1.165) is 0 Å². The van der Waals surface area contributed by atoms with Gasteiger partial charge in [-0.2, -0.15) is 23.3 Å². The number of morpholine rings is 1. The normalized spacial score (nSPS) is 21.0. The lowest BCUT2D eigenvalue weighted by molar-refractivity contribution is -0.148. The molecule has 1 aliphatic heterocycles. The standard InChI is InChI=1S/C16H18F3N5O.C4H6N2/c1-8-9(2)21-14-13(20-8)12(10-7-11(10)16(17,18)19)22-15(23-14)24-3-5-25-6-4-24;1-6-4-2-3-5-6/h10-11H,3-7H2,1-2H3;2-4H,1H3/t10-,11+;/m1./s1. The van der Waals surface area contributed by atoms with Gasteiger partial charge in [-0.15, -0.1) is 0 Å². The third-order valence-electron chi connectivity index (χ3n) is 5.45. The summed E-state index contributed by atoms with van der Waals surface area (Å²) >= 11 is 0. The fourth-order valence-corrected chi connectivity index (χ4v) is 3.49. The molecule has 5 rings (SSSR count). The monoisotopic (exact) mass is 435 g/mol. The molecule has 11 heteroatoms. The lowest BCUT2D eigenvalue weighted by atomic mass is 10.2. The molecule has 0 radical (unpaired) electrons.